The average molecular weight is 327 g/mol. The van der Waals surface area contributed by atoms with Crippen LogP contribution in [-0.2, 0) is 6.42 Å². The smallest absolute Gasteiger partial charge is 0.257 e. The van der Waals surface area contributed by atoms with Gasteiger partial charge in [-0.3, -0.25) is 4.79 Å². The van der Waals surface area contributed by atoms with Gasteiger partial charge in [0.2, 0.25) is 0 Å². The van der Waals surface area contributed by atoms with Gasteiger partial charge < -0.3 is 10.2 Å². The second-order valence-electron chi connectivity index (χ2n) is 6.34. The maximum Gasteiger partial charge on any atom is 0.257 e. The highest BCUT2D eigenvalue weighted by Crippen LogP contribution is 2.24. The van der Waals surface area contributed by atoms with Crippen molar-refractivity contribution in [2.45, 2.75) is 19.8 Å². The number of hydrogen-bond donors (Lipinski definition) is 1. The average Bonchev–Trinajstić information content (AvgIpc) is 3.06. The highest BCUT2D eigenvalue weighted by Gasteiger charge is 2.28. The molecule has 4 nitrogen and oxygen atoms in total. The van der Waals surface area contributed by atoms with Gasteiger partial charge >= 0.3 is 0 Å². The summed E-state index contributed by atoms with van der Waals surface area (Å²) in [5, 5.41) is 2.97. The van der Waals surface area contributed by atoms with Gasteiger partial charge in [-0.25, -0.2) is 9.37 Å². The summed E-state index contributed by atoms with van der Waals surface area (Å²) in [5.74, 6) is 0.872. The first-order chi connectivity index (χ1) is 11.6. The van der Waals surface area contributed by atoms with Crippen molar-refractivity contribution in [3.05, 3.63) is 59.0 Å². The highest BCUT2D eigenvalue weighted by atomic mass is 19.1. The molecule has 1 saturated heterocycles. The van der Waals surface area contributed by atoms with Crippen LogP contribution in [0.2, 0.25) is 0 Å². The molecule has 5 heteroatoms. The third-order valence-corrected chi connectivity index (χ3v) is 4.59. The monoisotopic (exact) mass is 327 g/mol. The van der Waals surface area contributed by atoms with Crippen LogP contribution in [0.15, 0.2) is 36.5 Å². The van der Waals surface area contributed by atoms with E-state index in [1.165, 1.54) is 6.07 Å². The Morgan fingerprint density at radius 2 is 2.25 bits per heavy atom. The lowest BCUT2D eigenvalue weighted by atomic mass is 9.97. The normalized spacial score (nSPS) is 17.1. The van der Waals surface area contributed by atoms with Crippen LogP contribution in [0.25, 0.3) is 0 Å². The number of amides is 1. The molecule has 2 aromatic rings. The first kappa shape index (κ1) is 16.4. The van der Waals surface area contributed by atoms with Crippen molar-refractivity contribution >= 4 is 11.7 Å². The molecule has 2 heterocycles. The van der Waals surface area contributed by atoms with Crippen molar-refractivity contribution in [1.82, 2.24) is 9.88 Å². The predicted octanol–water partition coefficient (Wildman–Crippen LogP) is 3.28. The van der Waals surface area contributed by atoms with Crippen LogP contribution in [0.5, 0.6) is 0 Å². The number of likely N-dealkylation sites (tertiary alicyclic amines) is 1. The molecule has 0 aliphatic carbocycles. The number of aromatic nitrogens is 1. The van der Waals surface area contributed by atoms with Gasteiger partial charge in [0.05, 0.1) is 5.56 Å². The van der Waals surface area contributed by atoms with Gasteiger partial charge in [0, 0.05) is 26.3 Å². The Morgan fingerprint density at radius 3 is 3.00 bits per heavy atom. The summed E-state index contributed by atoms with van der Waals surface area (Å²) in [7, 11) is 1.77. The molecule has 24 heavy (non-hydrogen) atoms. The number of carbonyl (C=O) groups is 1. The molecule has 0 radical (unpaired) electrons. The quantitative estimate of drug-likeness (QED) is 0.937. The zero-order valence-corrected chi connectivity index (χ0v) is 14.1. The number of benzene rings is 1. The molecule has 1 atom stereocenters. The van der Waals surface area contributed by atoms with Crippen LogP contribution in [0.3, 0.4) is 0 Å². The zero-order chi connectivity index (χ0) is 17.1. The number of aryl methyl sites for hydroxylation is 1. The van der Waals surface area contributed by atoms with Gasteiger partial charge in [-0.2, -0.15) is 0 Å². The fraction of sp³-hybridized carbons (Fsp3) is 0.368. The second kappa shape index (κ2) is 6.99. The van der Waals surface area contributed by atoms with Crippen molar-refractivity contribution in [2.75, 3.05) is 25.5 Å². The maximum absolute atomic E-state index is 13.4. The molecule has 1 aromatic heterocycles. The lowest BCUT2D eigenvalue weighted by Crippen LogP contribution is -2.29. The lowest BCUT2D eigenvalue weighted by Gasteiger charge is -2.18. The molecular formula is C19H22FN3O. The Balaban J connectivity index is 1.66. The van der Waals surface area contributed by atoms with E-state index in [0.717, 1.165) is 31.5 Å². The van der Waals surface area contributed by atoms with Gasteiger partial charge in [-0.05, 0) is 55.0 Å². The number of anilines is 1. The molecule has 1 unspecified atom stereocenters. The van der Waals surface area contributed by atoms with Crippen LogP contribution in [-0.4, -0.2) is 35.9 Å². The maximum atomic E-state index is 13.4. The van der Waals surface area contributed by atoms with Crippen LogP contribution in [0, 0.1) is 18.7 Å². The van der Waals surface area contributed by atoms with Crippen LogP contribution in [0.1, 0.15) is 27.9 Å². The first-order valence-electron chi connectivity index (χ1n) is 8.25. The largest absolute Gasteiger partial charge is 0.372 e. The SMILES string of the molecule is CNc1ncccc1C(=O)N1CCC(Cc2ccc(F)c(C)c2)C1. The molecule has 0 bridgehead atoms. The van der Waals surface area contributed by atoms with Crippen molar-refractivity contribution in [1.29, 1.82) is 0 Å². The van der Waals surface area contributed by atoms with Crippen LogP contribution in [0.4, 0.5) is 10.2 Å². The van der Waals surface area contributed by atoms with E-state index < -0.39 is 0 Å². The second-order valence-corrected chi connectivity index (χ2v) is 6.34. The zero-order valence-electron chi connectivity index (χ0n) is 14.1. The van der Waals surface area contributed by atoms with Crippen molar-refractivity contribution < 1.29 is 9.18 Å². The molecule has 1 aliphatic heterocycles. The molecule has 1 N–H and O–H groups in total. The predicted molar refractivity (Wildman–Crippen MR) is 92.6 cm³/mol. The van der Waals surface area contributed by atoms with Crippen molar-refractivity contribution in [3.8, 4) is 0 Å². The summed E-state index contributed by atoms with van der Waals surface area (Å²) in [4.78, 5) is 18.8. The standard InChI is InChI=1S/C19H22FN3O/c1-13-10-14(5-6-17(13)20)11-15-7-9-23(12-15)19(24)16-4-3-8-22-18(16)21-2/h3-6,8,10,15H,7,9,11-12H2,1-2H3,(H,21,22). The number of halogens is 1. The van der Waals surface area contributed by atoms with E-state index >= 15 is 0 Å². The minimum Gasteiger partial charge on any atom is -0.372 e. The molecule has 1 aromatic carbocycles. The highest BCUT2D eigenvalue weighted by molar-refractivity contribution is 5.98. The van der Waals surface area contributed by atoms with E-state index in [-0.39, 0.29) is 11.7 Å². The Morgan fingerprint density at radius 1 is 1.42 bits per heavy atom. The summed E-state index contributed by atoms with van der Waals surface area (Å²) in [6.07, 6.45) is 3.51. The molecule has 1 amide bonds. The number of hydrogen-bond acceptors (Lipinski definition) is 3. The van der Waals surface area contributed by atoms with E-state index in [0.29, 0.717) is 22.9 Å². The fourth-order valence-electron chi connectivity index (χ4n) is 3.30. The molecule has 3 rings (SSSR count). The van der Waals surface area contributed by atoms with Crippen molar-refractivity contribution in [3.63, 3.8) is 0 Å². The van der Waals surface area contributed by atoms with Crippen LogP contribution >= 0.6 is 0 Å². The summed E-state index contributed by atoms with van der Waals surface area (Å²) in [6.45, 7) is 3.26. The van der Waals surface area contributed by atoms with E-state index in [2.05, 4.69) is 10.3 Å². The summed E-state index contributed by atoms with van der Waals surface area (Å²) in [6, 6.07) is 8.85. The third kappa shape index (κ3) is 3.40. The molecule has 126 valence electrons. The fourth-order valence-corrected chi connectivity index (χ4v) is 3.30. The number of rotatable bonds is 4. The molecular weight excluding hydrogens is 305 g/mol. The van der Waals surface area contributed by atoms with Gasteiger partial charge in [-0.1, -0.05) is 12.1 Å². The van der Waals surface area contributed by atoms with Crippen LogP contribution < -0.4 is 5.32 Å². The third-order valence-electron chi connectivity index (χ3n) is 4.59. The van der Waals surface area contributed by atoms with Gasteiger partial charge in [0.15, 0.2) is 0 Å². The van der Waals surface area contributed by atoms with E-state index in [9.17, 15) is 9.18 Å². The number of pyridine rings is 1. The van der Waals surface area contributed by atoms with Gasteiger partial charge in [0.25, 0.3) is 5.91 Å². The molecule has 1 aliphatic rings. The summed E-state index contributed by atoms with van der Waals surface area (Å²) < 4.78 is 13.4. The minimum atomic E-state index is -0.168. The van der Waals surface area contributed by atoms with Crippen molar-refractivity contribution in [2.24, 2.45) is 5.92 Å². The van der Waals surface area contributed by atoms with E-state index in [1.807, 2.05) is 17.0 Å². The molecule has 1 fully saturated rings. The number of carbonyl (C=O) groups excluding carboxylic acids is 1. The number of nitrogens with one attached hydrogen (secondary N) is 1. The molecule has 0 spiro atoms. The Kier molecular flexibility index (Phi) is 4.79. The Labute approximate surface area is 141 Å². The summed E-state index contributed by atoms with van der Waals surface area (Å²) in [5.41, 5.74) is 2.41. The van der Waals surface area contributed by atoms with E-state index in [4.69, 9.17) is 0 Å². The van der Waals surface area contributed by atoms with E-state index in [1.54, 1.807) is 32.3 Å². The van der Waals surface area contributed by atoms with Gasteiger partial charge in [0.1, 0.15) is 11.6 Å². The molecule has 0 saturated carbocycles. The lowest BCUT2D eigenvalue weighted by molar-refractivity contribution is 0.0787. The Hall–Kier alpha value is -2.43. The first-order valence-corrected chi connectivity index (χ1v) is 8.25. The van der Waals surface area contributed by atoms with Gasteiger partial charge in [-0.15, -0.1) is 0 Å². The topological polar surface area (TPSA) is 45.2 Å². The summed E-state index contributed by atoms with van der Waals surface area (Å²) >= 11 is 0. The number of nitrogens with zero attached hydrogens (tertiary/aromatic N) is 2. The Bertz CT molecular complexity index is 747. The minimum absolute atomic E-state index is 0.0187.